The second-order valence-corrected chi connectivity index (χ2v) is 13.0. The lowest BCUT2D eigenvalue weighted by molar-refractivity contribution is -0.0183. The molecule has 3 aliphatic carbocycles. The van der Waals surface area contributed by atoms with E-state index in [9.17, 15) is 15.3 Å². The van der Waals surface area contributed by atoms with Crippen molar-refractivity contribution in [2.45, 2.75) is 105 Å². The summed E-state index contributed by atoms with van der Waals surface area (Å²) < 4.78 is 0. The van der Waals surface area contributed by atoms with Crippen LogP contribution in [0.5, 0.6) is 0 Å². The quantitative estimate of drug-likeness (QED) is 0.305. The van der Waals surface area contributed by atoms with Crippen LogP contribution < -0.4 is 0 Å². The monoisotopic (exact) mass is 472 g/mol. The Hall–Kier alpha value is -0.900. The van der Waals surface area contributed by atoms with E-state index in [2.05, 4.69) is 54.7 Å². The first kappa shape index (κ1) is 27.7. The molecule has 3 rings (SSSR count). The van der Waals surface area contributed by atoms with Gasteiger partial charge in [0.15, 0.2) is 0 Å². The molecule has 0 aromatic carbocycles. The predicted octanol–water partition coefficient (Wildman–Crippen LogP) is 6.84. The van der Waals surface area contributed by atoms with Crippen molar-refractivity contribution in [3.8, 4) is 0 Å². The number of fused-ring (bicyclic) bond motifs is 2. The SMILES string of the molecule is C=C(CC[C@@H](CO)[C@H]1[C@H](O)C[C@@]2(C)C3=C(CC[C@]12C)[C@@](C)(CCCO)[C@H](C(=C)C)CC3)C(C)C. The summed E-state index contributed by atoms with van der Waals surface area (Å²) in [5, 5.41) is 31.6. The van der Waals surface area contributed by atoms with Crippen LogP contribution in [0.3, 0.4) is 0 Å². The molecular formula is C31H52O3. The van der Waals surface area contributed by atoms with Gasteiger partial charge < -0.3 is 15.3 Å². The normalized spacial score (nSPS) is 38.6. The lowest BCUT2D eigenvalue weighted by Crippen LogP contribution is -2.49. The van der Waals surface area contributed by atoms with E-state index >= 15 is 0 Å². The van der Waals surface area contributed by atoms with Crippen LogP contribution in [-0.2, 0) is 0 Å². The molecule has 3 heteroatoms. The number of aliphatic hydroxyl groups is 3. The van der Waals surface area contributed by atoms with Crippen molar-refractivity contribution in [1.29, 1.82) is 0 Å². The molecule has 0 unspecified atom stereocenters. The Kier molecular flexibility index (Phi) is 8.33. The van der Waals surface area contributed by atoms with E-state index in [1.54, 1.807) is 11.1 Å². The summed E-state index contributed by atoms with van der Waals surface area (Å²) in [6, 6.07) is 0. The topological polar surface area (TPSA) is 60.7 Å². The standard InChI is InChI=1S/C31H52O3/c1-20(2)22(5)10-11-23(19-33)28-27(34)18-31(8)26-13-12-24(21(3)4)29(6,15-9-17-32)25(26)14-16-30(28,31)7/h20,23-24,27-28,32-34H,3,5,9-19H2,1-2,4,6-8H3/t23-,24-,27+,28-,29-,30+,31-/m0/s1. The van der Waals surface area contributed by atoms with E-state index < -0.39 is 0 Å². The van der Waals surface area contributed by atoms with Crippen LogP contribution in [-0.4, -0.2) is 34.6 Å². The first-order chi connectivity index (χ1) is 15.9. The smallest absolute Gasteiger partial charge is 0.0585 e. The number of allylic oxidation sites excluding steroid dienone is 4. The van der Waals surface area contributed by atoms with Crippen LogP contribution >= 0.6 is 0 Å². The van der Waals surface area contributed by atoms with Crippen molar-refractivity contribution in [2.24, 2.45) is 39.9 Å². The van der Waals surface area contributed by atoms with E-state index in [0.29, 0.717) is 11.8 Å². The summed E-state index contributed by atoms with van der Waals surface area (Å²) in [6.45, 7) is 22.8. The number of aliphatic hydroxyl groups excluding tert-OH is 3. The van der Waals surface area contributed by atoms with Gasteiger partial charge in [0, 0.05) is 13.2 Å². The maximum atomic E-state index is 11.5. The Labute approximate surface area is 209 Å². The summed E-state index contributed by atoms with van der Waals surface area (Å²) in [4.78, 5) is 0. The molecule has 34 heavy (non-hydrogen) atoms. The third kappa shape index (κ3) is 4.39. The number of rotatable bonds is 10. The first-order valence-corrected chi connectivity index (χ1v) is 13.8. The molecule has 3 nitrogen and oxygen atoms in total. The third-order valence-corrected chi connectivity index (χ3v) is 10.9. The Morgan fingerprint density at radius 1 is 1.09 bits per heavy atom. The van der Waals surface area contributed by atoms with Gasteiger partial charge in [0.1, 0.15) is 0 Å². The van der Waals surface area contributed by atoms with Crippen molar-refractivity contribution < 1.29 is 15.3 Å². The van der Waals surface area contributed by atoms with Crippen LogP contribution in [0.4, 0.5) is 0 Å². The van der Waals surface area contributed by atoms with Crippen molar-refractivity contribution in [2.75, 3.05) is 13.2 Å². The fourth-order valence-corrected chi connectivity index (χ4v) is 8.66. The van der Waals surface area contributed by atoms with Gasteiger partial charge in [-0.05, 0) is 105 Å². The van der Waals surface area contributed by atoms with Gasteiger partial charge in [-0.15, -0.1) is 0 Å². The van der Waals surface area contributed by atoms with Gasteiger partial charge >= 0.3 is 0 Å². The molecule has 3 N–H and O–H groups in total. The second-order valence-electron chi connectivity index (χ2n) is 13.0. The summed E-state index contributed by atoms with van der Waals surface area (Å²) in [5.41, 5.74) is 5.66. The minimum atomic E-state index is -0.381. The number of hydrogen-bond donors (Lipinski definition) is 3. The Morgan fingerprint density at radius 3 is 2.32 bits per heavy atom. The summed E-state index contributed by atoms with van der Waals surface area (Å²) >= 11 is 0. The molecule has 3 aliphatic rings. The van der Waals surface area contributed by atoms with Gasteiger partial charge in [-0.1, -0.05) is 70.1 Å². The molecule has 1 saturated carbocycles. The fourth-order valence-electron chi connectivity index (χ4n) is 8.66. The zero-order valence-electron chi connectivity index (χ0n) is 22.9. The fraction of sp³-hybridized carbons (Fsp3) is 0.806. The van der Waals surface area contributed by atoms with Crippen LogP contribution in [0, 0.1) is 39.9 Å². The maximum Gasteiger partial charge on any atom is 0.0585 e. The highest BCUT2D eigenvalue weighted by Crippen LogP contribution is 2.71. The lowest BCUT2D eigenvalue weighted by atomic mass is 9.47. The Morgan fingerprint density at radius 2 is 1.76 bits per heavy atom. The van der Waals surface area contributed by atoms with Gasteiger partial charge in [-0.25, -0.2) is 0 Å². The molecule has 0 amide bonds. The molecule has 0 saturated heterocycles. The number of hydrogen-bond acceptors (Lipinski definition) is 3. The Bertz CT molecular complexity index is 809. The lowest BCUT2D eigenvalue weighted by Gasteiger charge is -2.57. The first-order valence-electron chi connectivity index (χ1n) is 13.8. The molecule has 194 valence electrons. The van der Waals surface area contributed by atoms with Crippen LogP contribution in [0.1, 0.15) is 99.3 Å². The third-order valence-electron chi connectivity index (χ3n) is 10.9. The van der Waals surface area contributed by atoms with E-state index in [1.807, 2.05) is 0 Å². The van der Waals surface area contributed by atoms with Gasteiger partial charge in [0.05, 0.1) is 6.10 Å². The molecule has 0 aliphatic heterocycles. The molecule has 0 bridgehead atoms. The molecule has 0 aromatic heterocycles. The summed E-state index contributed by atoms with van der Waals surface area (Å²) in [5.74, 6) is 1.13. The minimum absolute atomic E-state index is 0.0221. The van der Waals surface area contributed by atoms with Crippen molar-refractivity contribution in [3.63, 3.8) is 0 Å². The average molecular weight is 473 g/mol. The highest BCUT2D eigenvalue weighted by Gasteiger charge is 2.64. The second kappa shape index (κ2) is 10.2. The average Bonchev–Trinajstić information content (AvgIpc) is 2.98. The Balaban J connectivity index is 2.00. The van der Waals surface area contributed by atoms with E-state index in [0.717, 1.165) is 57.8 Å². The van der Waals surface area contributed by atoms with Crippen LogP contribution in [0.2, 0.25) is 0 Å². The molecule has 1 fully saturated rings. The summed E-state index contributed by atoms with van der Waals surface area (Å²) in [7, 11) is 0. The molecule has 0 radical (unpaired) electrons. The zero-order chi connectivity index (χ0) is 25.5. The molecular weight excluding hydrogens is 420 g/mol. The molecule has 0 aromatic rings. The van der Waals surface area contributed by atoms with Gasteiger partial charge in [0.25, 0.3) is 0 Å². The van der Waals surface area contributed by atoms with Gasteiger partial charge in [-0.3, -0.25) is 0 Å². The highest BCUT2D eigenvalue weighted by molar-refractivity contribution is 5.39. The van der Waals surface area contributed by atoms with Crippen molar-refractivity contribution in [3.05, 3.63) is 35.5 Å². The predicted molar refractivity (Wildman–Crippen MR) is 142 cm³/mol. The van der Waals surface area contributed by atoms with Crippen LogP contribution in [0.25, 0.3) is 0 Å². The van der Waals surface area contributed by atoms with E-state index in [1.165, 1.54) is 11.1 Å². The van der Waals surface area contributed by atoms with Gasteiger partial charge in [0.2, 0.25) is 0 Å². The summed E-state index contributed by atoms with van der Waals surface area (Å²) in [6.07, 6.45) is 8.37. The maximum absolute atomic E-state index is 11.5. The minimum Gasteiger partial charge on any atom is -0.396 e. The van der Waals surface area contributed by atoms with Gasteiger partial charge in [-0.2, -0.15) is 0 Å². The largest absolute Gasteiger partial charge is 0.396 e. The van der Waals surface area contributed by atoms with E-state index in [-0.39, 0.29) is 47.4 Å². The van der Waals surface area contributed by atoms with Crippen molar-refractivity contribution >= 4 is 0 Å². The molecule has 7 atom stereocenters. The zero-order valence-corrected chi connectivity index (χ0v) is 22.9. The molecule has 0 heterocycles. The molecule has 0 spiro atoms. The van der Waals surface area contributed by atoms with E-state index in [4.69, 9.17) is 0 Å². The highest BCUT2D eigenvalue weighted by atomic mass is 16.3. The van der Waals surface area contributed by atoms with Crippen molar-refractivity contribution in [1.82, 2.24) is 0 Å². The van der Waals surface area contributed by atoms with Crippen LogP contribution in [0.15, 0.2) is 35.5 Å².